The zero-order valence-corrected chi connectivity index (χ0v) is 12.3. The molecule has 1 aromatic carbocycles. The zero-order valence-electron chi connectivity index (χ0n) is 11.5. The van der Waals surface area contributed by atoms with Crippen LogP contribution in [0.3, 0.4) is 0 Å². The lowest BCUT2D eigenvalue weighted by Gasteiger charge is -2.22. The second-order valence-electron chi connectivity index (χ2n) is 5.07. The number of carboxylic acid groups (broad SMARTS) is 1. The van der Waals surface area contributed by atoms with E-state index in [9.17, 15) is 18.0 Å². The monoisotopic (exact) mass is 299 g/mol. The maximum absolute atomic E-state index is 12.0. The molecule has 7 heteroatoms. The van der Waals surface area contributed by atoms with Gasteiger partial charge in [-0.05, 0) is 26.0 Å². The Balaban J connectivity index is 2.92. The lowest BCUT2D eigenvalue weighted by atomic mass is 10.1. The molecular weight excluding hydrogens is 282 g/mol. The van der Waals surface area contributed by atoms with Crippen molar-refractivity contribution in [3.63, 3.8) is 0 Å². The molecule has 0 aliphatic carbocycles. The molecule has 6 nitrogen and oxygen atoms in total. The molecule has 1 amide bonds. The minimum Gasteiger partial charge on any atom is -0.478 e. The highest BCUT2D eigenvalue weighted by Crippen LogP contribution is 2.14. The molecule has 0 aliphatic rings. The topological polar surface area (TPSA) is 101 Å². The summed E-state index contributed by atoms with van der Waals surface area (Å²) >= 11 is 0. The van der Waals surface area contributed by atoms with Gasteiger partial charge in [-0.3, -0.25) is 4.79 Å². The first kappa shape index (κ1) is 16.2. The fraction of sp³-hybridized carbons (Fsp3) is 0.385. The number of hydrogen-bond acceptors (Lipinski definition) is 4. The summed E-state index contributed by atoms with van der Waals surface area (Å²) in [6, 6.07) is 5.76. The van der Waals surface area contributed by atoms with Gasteiger partial charge in [0.1, 0.15) is 0 Å². The van der Waals surface area contributed by atoms with Crippen molar-refractivity contribution in [1.82, 2.24) is 5.32 Å². The minimum absolute atomic E-state index is 0.00398. The van der Waals surface area contributed by atoms with E-state index in [1.807, 2.05) is 0 Å². The van der Waals surface area contributed by atoms with Crippen molar-refractivity contribution in [3.05, 3.63) is 35.4 Å². The molecule has 0 spiro atoms. The van der Waals surface area contributed by atoms with Crippen LogP contribution in [0.4, 0.5) is 0 Å². The molecule has 1 aromatic rings. The Morgan fingerprint density at radius 3 is 2.15 bits per heavy atom. The molecule has 0 aromatic heterocycles. The maximum Gasteiger partial charge on any atom is 0.336 e. The van der Waals surface area contributed by atoms with Crippen LogP contribution in [0.2, 0.25) is 0 Å². The van der Waals surface area contributed by atoms with E-state index in [1.54, 1.807) is 6.07 Å². The van der Waals surface area contributed by atoms with E-state index in [2.05, 4.69) is 5.32 Å². The molecule has 0 saturated carbocycles. The van der Waals surface area contributed by atoms with Gasteiger partial charge in [-0.25, -0.2) is 13.2 Å². The number of carboxylic acids is 1. The molecule has 0 heterocycles. The molecule has 110 valence electrons. The van der Waals surface area contributed by atoms with Gasteiger partial charge < -0.3 is 10.4 Å². The van der Waals surface area contributed by atoms with Gasteiger partial charge in [-0.15, -0.1) is 0 Å². The normalized spacial score (nSPS) is 11.9. The molecule has 0 bridgehead atoms. The van der Waals surface area contributed by atoms with Crippen LogP contribution in [0.25, 0.3) is 0 Å². The van der Waals surface area contributed by atoms with Gasteiger partial charge in [0.25, 0.3) is 5.91 Å². The number of sulfone groups is 1. The van der Waals surface area contributed by atoms with Gasteiger partial charge in [0, 0.05) is 12.8 Å². The highest BCUT2D eigenvalue weighted by molar-refractivity contribution is 7.92. The molecule has 0 aliphatic heterocycles. The molecule has 0 fully saturated rings. The first-order valence-electron chi connectivity index (χ1n) is 5.86. The van der Waals surface area contributed by atoms with E-state index < -0.39 is 26.5 Å². The largest absolute Gasteiger partial charge is 0.478 e. The number of benzene rings is 1. The van der Waals surface area contributed by atoms with Gasteiger partial charge in [0.2, 0.25) is 0 Å². The standard InChI is InChI=1S/C13H17NO5S/c1-13(2,20(3,18)19)8-14-11(15)9-6-4-5-7-10(9)12(16)17/h4-7H,8H2,1-3H3,(H,14,15)(H,16,17). The van der Waals surface area contributed by atoms with E-state index in [0.717, 1.165) is 6.26 Å². The van der Waals surface area contributed by atoms with Gasteiger partial charge in [-0.2, -0.15) is 0 Å². The molecule has 20 heavy (non-hydrogen) atoms. The summed E-state index contributed by atoms with van der Waals surface area (Å²) in [5.74, 6) is -1.82. The molecule has 0 radical (unpaired) electrons. The number of carbonyl (C=O) groups excluding carboxylic acids is 1. The van der Waals surface area contributed by atoms with Crippen LogP contribution in [0, 0.1) is 0 Å². The highest BCUT2D eigenvalue weighted by Gasteiger charge is 2.31. The average molecular weight is 299 g/mol. The van der Waals surface area contributed by atoms with Crippen molar-refractivity contribution in [2.75, 3.05) is 12.8 Å². The zero-order chi connectivity index (χ0) is 15.6. The Kier molecular flexibility index (Phi) is 4.54. The fourth-order valence-electron chi connectivity index (χ4n) is 1.39. The predicted octanol–water partition coefficient (Wildman–Crippen LogP) is 0.938. The number of aromatic carboxylic acids is 1. The smallest absolute Gasteiger partial charge is 0.336 e. The molecule has 2 N–H and O–H groups in total. The molecule has 0 unspecified atom stereocenters. The maximum atomic E-state index is 12.0. The minimum atomic E-state index is -3.34. The predicted molar refractivity (Wildman–Crippen MR) is 74.7 cm³/mol. The summed E-state index contributed by atoms with van der Waals surface area (Å²) in [5.41, 5.74) is -0.119. The van der Waals surface area contributed by atoms with E-state index in [4.69, 9.17) is 5.11 Å². The van der Waals surface area contributed by atoms with Crippen LogP contribution in [0.1, 0.15) is 34.6 Å². The summed E-state index contributed by atoms with van der Waals surface area (Å²) in [7, 11) is -3.34. The Labute approximate surface area is 117 Å². The number of hydrogen-bond donors (Lipinski definition) is 2. The average Bonchev–Trinajstić information content (AvgIpc) is 2.34. The van der Waals surface area contributed by atoms with Gasteiger partial charge >= 0.3 is 5.97 Å². The van der Waals surface area contributed by atoms with Crippen LogP contribution in [0.5, 0.6) is 0 Å². The van der Waals surface area contributed by atoms with Gasteiger partial charge in [0.15, 0.2) is 9.84 Å². The Morgan fingerprint density at radius 2 is 1.70 bits per heavy atom. The molecule has 0 atom stereocenters. The van der Waals surface area contributed by atoms with Crippen LogP contribution in [-0.2, 0) is 9.84 Å². The first-order chi connectivity index (χ1) is 9.06. The van der Waals surface area contributed by atoms with Crippen LogP contribution in [0.15, 0.2) is 24.3 Å². The van der Waals surface area contributed by atoms with Gasteiger partial charge in [0.05, 0.1) is 15.9 Å². The number of rotatable bonds is 5. The Morgan fingerprint density at radius 1 is 1.20 bits per heavy atom. The third-order valence-corrected chi connectivity index (χ3v) is 5.23. The number of carbonyl (C=O) groups is 2. The SMILES string of the molecule is CC(C)(CNC(=O)c1ccccc1C(=O)O)S(C)(=O)=O. The first-order valence-corrected chi connectivity index (χ1v) is 7.75. The third-order valence-electron chi connectivity index (χ3n) is 3.08. The number of amides is 1. The van der Waals surface area contributed by atoms with E-state index in [1.165, 1.54) is 32.0 Å². The van der Waals surface area contributed by atoms with Crippen LogP contribution >= 0.6 is 0 Å². The van der Waals surface area contributed by atoms with E-state index in [-0.39, 0.29) is 17.7 Å². The second-order valence-corrected chi connectivity index (χ2v) is 7.71. The molecule has 1 rings (SSSR count). The van der Waals surface area contributed by atoms with Crippen molar-refractivity contribution in [2.45, 2.75) is 18.6 Å². The quantitative estimate of drug-likeness (QED) is 0.842. The Bertz CT molecular complexity index is 634. The summed E-state index contributed by atoms with van der Waals surface area (Å²) in [6.07, 6.45) is 1.09. The summed E-state index contributed by atoms with van der Waals surface area (Å²) in [4.78, 5) is 23.0. The van der Waals surface area contributed by atoms with E-state index >= 15 is 0 Å². The van der Waals surface area contributed by atoms with Crippen LogP contribution < -0.4 is 5.32 Å². The third kappa shape index (κ3) is 3.57. The summed E-state index contributed by atoms with van der Waals surface area (Å²) in [5, 5.41) is 11.5. The van der Waals surface area contributed by atoms with Crippen molar-refractivity contribution in [3.8, 4) is 0 Å². The Hall–Kier alpha value is -1.89. The van der Waals surface area contributed by atoms with Gasteiger partial charge in [-0.1, -0.05) is 12.1 Å². The number of nitrogens with one attached hydrogen (secondary N) is 1. The molecular formula is C13H17NO5S. The van der Waals surface area contributed by atoms with Crippen molar-refractivity contribution in [2.24, 2.45) is 0 Å². The summed E-state index contributed by atoms with van der Waals surface area (Å²) in [6.45, 7) is 2.88. The molecule has 0 saturated heterocycles. The van der Waals surface area contributed by atoms with E-state index in [0.29, 0.717) is 0 Å². The lowest BCUT2D eigenvalue weighted by molar-refractivity contribution is 0.0691. The second kappa shape index (κ2) is 5.62. The lowest BCUT2D eigenvalue weighted by Crippen LogP contribution is -2.44. The van der Waals surface area contributed by atoms with Crippen molar-refractivity contribution < 1.29 is 23.1 Å². The fourth-order valence-corrected chi connectivity index (χ4v) is 1.72. The highest BCUT2D eigenvalue weighted by atomic mass is 32.2. The van der Waals surface area contributed by atoms with Crippen LogP contribution in [-0.4, -0.2) is 42.9 Å². The summed E-state index contributed by atoms with van der Waals surface area (Å²) < 4.78 is 21.9. The van der Waals surface area contributed by atoms with Crippen molar-refractivity contribution in [1.29, 1.82) is 0 Å². The van der Waals surface area contributed by atoms with Crippen molar-refractivity contribution >= 4 is 21.7 Å².